The molecule has 2 heterocycles. The molecule has 0 atom stereocenters. The average Bonchev–Trinajstić information content (AvgIpc) is 2.68. The van der Waals surface area contributed by atoms with Crippen LogP contribution < -0.4 is 14.4 Å². The highest BCUT2D eigenvalue weighted by atomic mass is 79.9. The summed E-state index contributed by atoms with van der Waals surface area (Å²) in [7, 11) is 3.12. The van der Waals surface area contributed by atoms with Gasteiger partial charge in [0.25, 0.3) is 5.91 Å². The summed E-state index contributed by atoms with van der Waals surface area (Å²) in [6.07, 6.45) is 1.63. The highest BCUT2D eigenvalue weighted by Crippen LogP contribution is 2.36. The third-order valence-electron chi connectivity index (χ3n) is 4.30. The molecule has 0 radical (unpaired) electrons. The molecule has 0 aliphatic carbocycles. The van der Waals surface area contributed by atoms with Gasteiger partial charge in [0, 0.05) is 37.9 Å². The van der Waals surface area contributed by atoms with Gasteiger partial charge in [0.1, 0.15) is 21.8 Å². The summed E-state index contributed by atoms with van der Waals surface area (Å²) < 4.78 is 11.3. The number of benzene rings is 1. The number of ether oxygens (including phenoxy) is 2. The number of piperazine rings is 1. The van der Waals surface area contributed by atoms with Crippen molar-refractivity contribution in [3.63, 3.8) is 0 Å². The van der Waals surface area contributed by atoms with E-state index >= 15 is 0 Å². The Bertz CT molecular complexity index is 768. The summed E-state index contributed by atoms with van der Waals surface area (Å²) in [5.74, 6) is 1.96. The predicted molar refractivity (Wildman–Crippen MR) is 105 cm³/mol. The van der Waals surface area contributed by atoms with Crippen LogP contribution in [0, 0.1) is 0 Å². The molecule has 3 rings (SSSR count). The van der Waals surface area contributed by atoms with E-state index in [-0.39, 0.29) is 5.91 Å². The molecule has 1 aliphatic rings. The van der Waals surface area contributed by atoms with Gasteiger partial charge < -0.3 is 19.3 Å². The minimum Gasteiger partial charge on any atom is -0.495 e. The number of pyridine rings is 1. The number of methoxy groups -OCH3 is 2. The normalized spacial score (nSPS) is 14.3. The van der Waals surface area contributed by atoms with E-state index in [2.05, 4.69) is 25.8 Å². The van der Waals surface area contributed by atoms with Crippen LogP contribution in [0.3, 0.4) is 0 Å². The van der Waals surface area contributed by atoms with Gasteiger partial charge in [-0.15, -0.1) is 0 Å². The van der Waals surface area contributed by atoms with Crippen LogP contribution in [-0.4, -0.2) is 56.2 Å². The summed E-state index contributed by atoms with van der Waals surface area (Å²) in [6, 6.07) is 7.16. The van der Waals surface area contributed by atoms with Gasteiger partial charge in [-0.3, -0.25) is 4.79 Å². The Labute approximate surface area is 165 Å². The Morgan fingerprint density at radius 2 is 1.73 bits per heavy atom. The van der Waals surface area contributed by atoms with Crippen molar-refractivity contribution in [2.24, 2.45) is 0 Å². The molecule has 1 aromatic heterocycles. The fourth-order valence-corrected chi connectivity index (χ4v) is 3.53. The van der Waals surface area contributed by atoms with E-state index in [0.29, 0.717) is 52.7 Å². The lowest BCUT2D eigenvalue weighted by molar-refractivity contribution is 0.0745. The molecule has 138 valence electrons. The zero-order chi connectivity index (χ0) is 18.7. The molecule has 0 unspecified atom stereocenters. The van der Waals surface area contributed by atoms with Gasteiger partial charge in [0.05, 0.1) is 19.2 Å². The first kappa shape index (κ1) is 18.8. The molecule has 26 heavy (non-hydrogen) atoms. The van der Waals surface area contributed by atoms with Crippen molar-refractivity contribution < 1.29 is 14.3 Å². The van der Waals surface area contributed by atoms with Crippen molar-refractivity contribution in [3.8, 4) is 11.5 Å². The van der Waals surface area contributed by atoms with E-state index < -0.39 is 0 Å². The van der Waals surface area contributed by atoms with Gasteiger partial charge in [-0.2, -0.15) is 0 Å². The van der Waals surface area contributed by atoms with Crippen LogP contribution in [0.1, 0.15) is 10.4 Å². The first-order valence-electron chi connectivity index (χ1n) is 8.10. The molecule has 0 N–H and O–H groups in total. The van der Waals surface area contributed by atoms with Crippen LogP contribution in [0.2, 0.25) is 5.02 Å². The smallest absolute Gasteiger partial charge is 0.254 e. The molecule has 1 aromatic carbocycles. The molecule has 0 saturated carbocycles. The standard InChI is InChI=1S/C18H19BrClN3O3/c1-25-14-9-12(10-15(26-2)17(14)19)18(24)23-7-5-22(6-8-23)16-4-3-13(20)11-21-16/h3-4,9-11H,5-8H2,1-2H3. The summed E-state index contributed by atoms with van der Waals surface area (Å²) in [4.78, 5) is 21.2. The molecule has 1 amide bonds. The number of amides is 1. The lowest BCUT2D eigenvalue weighted by Gasteiger charge is -2.35. The molecule has 0 bridgehead atoms. The summed E-state index contributed by atoms with van der Waals surface area (Å²) in [5.41, 5.74) is 0.542. The van der Waals surface area contributed by atoms with Crippen LogP contribution in [0.5, 0.6) is 11.5 Å². The van der Waals surface area contributed by atoms with E-state index in [0.717, 1.165) is 5.82 Å². The van der Waals surface area contributed by atoms with Gasteiger partial charge in [-0.1, -0.05) is 11.6 Å². The Hall–Kier alpha value is -1.99. The number of hydrogen-bond acceptors (Lipinski definition) is 5. The molecule has 1 saturated heterocycles. The maximum atomic E-state index is 12.9. The molecular weight excluding hydrogens is 422 g/mol. The Morgan fingerprint density at radius 1 is 1.12 bits per heavy atom. The van der Waals surface area contributed by atoms with Crippen molar-refractivity contribution in [1.29, 1.82) is 0 Å². The second-order valence-corrected chi connectivity index (χ2v) is 7.04. The molecule has 1 fully saturated rings. The van der Waals surface area contributed by atoms with Crippen molar-refractivity contribution in [2.75, 3.05) is 45.3 Å². The zero-order valence-electron chi connectivity index (χ0n) is 14.5. The Balaban J connectivity index is 1.71. The third kappa shape index (κ3) is 3.88. The fourth-order valence-electron chi connectivity index (χ4n) is 2.87. The van der Waals surface area contributed by atoms with E-state index in [1.165, 1.54) is 0 Å². The number of carbonyl (C=O) groups is 1. The second kappa shape index (κ2) is 8.14. The van der Waals surface area contributed by atoms with Crippen molar-refractivity contribution in [2.45, 2.75) is 0 Å². The second-order valence-electron chi connectivity index (χ2n) is 5.81. The lowest BCUT2D eigenvalue weighted by Crippen LogP contribution is -2.49. The number of anilines is 1. The van der Waals surface area contributed by atoms with E-state index in [1.54, 1.807) is 32.5 Å². The quantitative estimate of drug-likeness (QED) is 0.729. The minimum absolute atomic E-state index is 0.0437. The summed E-state index contributed by atoms with van der Waals surface area (Å²) in [5, 5.41) is 0.612. The lowest BCUT2D eigenvalue weighted by atomic mass is 10.1. The van der Waals surface area contributed by atoms with Crippen LogP contribution >= 0.6 is 27.5 Å². The van der Waals surface area contributed by atoms with Gasteiger partial charge in [-0.25, -0.2) is 4.98 Å². The highest BCUT2D eigenvalue weighted by molar-refractivity contribution is 9.10. The predicted octanol–water partition coefficient (Wildman–Crippen LogP) is 3.48. The van der Waals surface area contributed by atoms with Crippen molar-refractivity contribution in [1.82, 2.24) is 9.88 Å². The maximum Gasteiger partial charge on any atom is 0.254 e. The number of carbonyl (C=O) groups excluding carboxylic acids is 1. The minimum atomic E-state index is -0.0437. The van der Waals surface area contributed by atoms with Gasteiger partial charge in [0.15, 0.2) is 0 Å². The number of aromatic nitrogens is 1. The van der Waals surface area contributed by atoms with Gasteiger partial charge in [-0.05, 0) is 40.2 Å². The summed E-state index contributed by atoms with van der Waals surface area (Å²) >= 11 is 9.31. The largest absolute Gasteiger partial charge is 0.495 e. The van der Waals surface area contributed by atoms with Crippen LogP contribution in [-0.2, 0) is 0 Å². The number of rotatable bonds is 4. The van der Waals surface area contributed by atoms with Crippen molar-refractivity contribution in [3.05, 3.63) is 45.5 Å². The first-order chi connectivity index (χ1) is 12.5. The highest BCUT2D eigenvalue weighted by Gasteiger charge is 2.24. The van der Waals surface area contributed by atoms with E-state index in [9.17, 15) is 4.79 Å². The zero-order valence-corrected chi connectivity index (χ0v) is 16.9. The van der Waals surface area contributed by atoms with E-state index in [4.69, 9.17) is 21.1 Å². The van der Waals surface area contributed by atoms with Crippen LogP contribution in [0.25, 0.3) is 0 Å². The Kier molecular flexibility index (Phi) is 5.88. The molecule has 8 heteroatoms. The third-order valence-corrected chi connectivity index (χ3v) is 5.30. The van der Waals surface area contributed by atoms with Gasteiger partial charge >= 0.3 is 0 Å². The van der Waals surface area contributed by atoms with E-state index in [1.807, 2.05) is 17.0 Å². The topological polar surface area (TPSA) is 54.9 Å². The molecule has 0 spiro atoms. The average molecular weight is 441 g/mol. The molecular formula is C18H19BrClN3O3. The number of hydrogen-bond donors (Lipinski definition) is 0. The first-order valence-corrected chi connectivity index (χ1v) is 9.28. The SMILES string of the molecule is COc1cc(C(=O)N2CCN(c3ccc(Cl)cn3)CC2)cc(OC)c1Br. The molecule has 1 aliphatic heterocycles. The number of halogens is 2. The van der Waals surface area contributed by atoms with Crippen molar-refractivity contribution >= 4 is 39.3 Å². The summed E-state index contributed by atoms with van der Waals surface area (Å²) in [6.45, 7) is 2.66. The Morgan fingerprint density at radius 3 is 2.23 bits per heavy atom. The maximum absolute atomic E-state index is 12.9. The molecule has 2 aromatic rings. The molecule has 6 nitrogen and oxygen atoms in total. The van der Waals surface area contributed by atoms with Crippen LogP contribution in [0.4, 0.5) is 5.82 Å². The van der Waals surface area contributed by atoms with Crippen LogP contribution in [0.15, 0.2) is 34.9 Å². The number of nitrogens with zero attached hydrogens (tertiary/aromatic N) is 3. The fraction of sp³-hybridized carbons (Fsp3) is 0.333. The monoisotopic (exact) mass is 439 g/mol. The van der Waals surface area contributed by atoms with Gasteiger partial charge in [0.2, 0.25) is 0 Å².